The standard InChI is InChI=1S/C23H26N2O8/c1-14(23(28)25-16-10-17(29-2)12-18(11-16)30-3)33-22(27)8-6-15-5-7-19(20(9-15)31-4)32-13-21(24)26/h5-12,14H,13H2,1-4H3,(H2,24,26)(H,25,28)/b8-6+. The summed E-state index contributed by atoms with van der Waals surface area (Å²) in [6.07, 6.45) is 1.61. The number of amides is 2. The first-order valence-corrected chi connectivity index (χ1v) is 9.77. The Hall–Kier alpha value is -4.21. The number of esters is 1. The van der Waals surface area contributed by atoms with E-state index in [1.165, 1.54) is 40.4 Å². The lowest BCUT2D eigenvalue weighted by atomic mass is 10.2. The van der Waals surface area contributed by atoms with E-state index in [1.54, 1.807) is 36.4 Å². The lowest BCUT2D eigenvalue weighted by molar-refractivity contribution is -0.148. The molecule has 0 aliphatic rings. The molecule has 2 rings (SSSR count). The maximum Gasteiger partial charge on any atom is 0.331 e. The van der Waals surface area contributed by atoms with Gasteiger partial charge in [0.15, 0.2) is 24.2 Å². The monoisotopic (exact) mass is 458 g/mol. The molecule has 3 N–H and O–H groups in total. The third-order valence-corrected chi connectivity index (χ3v) is 4.25. The highest BCUT2D eigenvalue weighted by atomic mass is 16.5. The number of hydrogen-bond acceptors (Lipinski definition) is 8. The van der Waals surface area contributed by atoms with Gasteiger partial charge < -0.3 is 34.7 Å². The second-order valence-corrected chi connectivity index (χ2v) is 6.67. The fourth-order valence-corrected chi connectivity index (χ4v) is 2.61. The number of carbonyl (C=O) groups is 3. The maximum atomic E-state index is 12.4. The van der Waals surface area contributed by atoms with Crippen LogP contribution < -0.4 is 30.0 Å². The first-order valence-electron chi connectivity index (χ1n) is 9.77. The van der Waals surface area contributed by atoms with Gasteiger partial charge in [0.2, 0.25) is 0 Å². The van der Waals surface area contributed by atoms with Gasteiger partial charge in [-0.3, -0.25) is 9.59 Å². The number of primary amides is 1. The van der Waals surface area contributed by atoms with E-state index in [9.17, 15) is 14.4 Å². The minimum absolute atomic E-state index is 0.291. The van der Waals surface area contributed by atoms with Gasteiger partial charge in [-0.05, 0) is 30.7 Å². The van der Waals surface area contributed by atoms with Gasteiger partial charge in [-0.2, -0.15) is 0 Å². The molecule has 0 heterocycles. The van der Waals surface area contributed by atoms with Crippen LogP contribution in [0, 0.1) is 0 Å². The van der Waals surface area contributed by atoms with Gasteiger partial charge >= 0.3 is 5.97 Å². The molecule has 0 saturated heterocycles. The van der Waals surface area contributed by atoms with E-state index in [4.69, 9.17) is 29.4 Å². The summed E-state index contributed by atoms with van der Waals surface area (Å²) in [4.78, 5) is 35.4. The van der Waals surface area contributed by atoms with Crippen LogP contribution in [-0.4, -0.2) is 51.8 Å². The Labute approximate surface area is 191 Å². The molecule has 0 spiro atoms. The van der Waals surface area contributed by atoms with Crippen molar-refractivity contribution in [2.24, 2.45) is 5.73 Å². The Bertz CT molecular complexity index is 1010. The normalized spacial score (nSPS) is 11.4. The molecule has 0 aliphatic heterocycles. The summed E-state index contributed by atoms with van der Waals surface area (Å²) in [5.74, 6) is -0.174. The Kier molecular flexibility index (Phi) is 9.10. The van der Waals surface area contributed by atoms with Crippen molar-refractivity contribution in [1.29, 1.82) is 0 Å². The van der Waals surface area contributed by atoms with E-state index >= 15 is 0 Å². The lowest BCUT2D eigenvalue weighted by Crippen LogP contribution is -2.29. The molecule has 0 saturated carbocycles. The number of rotatable bonds is 11. The van der Waals surface area contributed by atoms with E-state index in [1.807, 2.05) is 0 Å². The number of carbonyl (C=O) groups excluding carboxylic acids is 3. The predicted molar refractivity (Wildman–Crippen MR) is 120 cm³/mol. The molecular formula is C23H26N2O8. The second-order valence-electron chi connectivity index (χ2n) is 6.67. The van der Waals surface area contributed by atoms with Crippen LogP contribution in [0.4, 0.5) is 5.69 Å². The molecule has 2 amide bonds. The number of methoxy groups -OCH3 is 3. The van der Waals surface area contributed by atoms with Crippen molar-refractivity contribution in [2.45, 2.75) is 13.0 Å². The van der Waals surface area contributed by atoms with Gasteiger partial charge in [0.05, 0.1) is 21.3 Å². The van der Waals surface area contributed by atoms with Crippen LogP contribution in [-0.2, 0) is 19.1 Å². The van der Waals surface area contributed by atoms with Gasteiger partial charge in [-0.15, -0.1) is 0 Å². The highest BCUT2D eigenvalue weighted by molar-refractivity contribution is 5.97. The summed E-state index contributed by atoms with van der Waals surface area (Å²) in [6.45, 7) is 1.16. The molecular weight excluding hydrogens is 432 g/mol. The van der Waals surface area contributed by atoms with E-state index in [2.05, 4.69) is 5.32 Å². The third kappa shape index (κ3) is 7.76. The van der Waals surface area contributed by atoms with Crippen molar-refractivity contribution >= 4 is 29.5 Å². The molecule has 0 aliphatic carbocycles. The predicted octanol–water partition coefficient (Wildman–Crippen LogP) is 2.16. The smallest absolute Gasteiger partial charge is 0.331 e. The number of nitrogens with one attached hydrogen (secondary N) is 1. The highest BCUT2D eigenvalue weighted by Gasteiger charge is 2.17. The molecule has 2 aromatic rings. The fourth-order valence-electron chi connectivity index (χ4n) is 2.61. The Morgan fingerprint density at radius 1 is 0.970 bits per heavy atom. The summed E-state index contributed by atoms with van der Waals surface area (Å²) in [6, 6.07) is 9.71. The van der Waals surface area contributed by atoms with Crippen LogP contribution in [0.25, 0.3) is 6.08 Å². The molecule has 2 aromatic carbocycles. The second kappa shape index (κ2) is 12.0. The summed E-state index contributed by atoms with van der Waals surface area (Å²) in [5.41, 5.74) is 6.10. The molecule has 0 fully saturated rings. The quantitative estimate of drug-likeness (QED) is 0.386. The minimum Gasteiger partial charge on any atom is -0.497 e. The Morgan fingerprint density at radius 2 is 1.64 bits per heavy atom. The lowest BCUT2D eigenvalue weighted by Gasteiger charge is -2.14. The largest absolute Gasteiger partial charge is 0.497 e. The first-order chi connectivity index (χ1) is 15.7. The summed E-state index contributed by atoms with van der Waals surface area (Å²) < 4.78 is 25.9. The first kappa shape index (κ1) is 25.1. The van der Waals surface area contributed by atoms with Crippen molar-refractivity contribution in [3.05, 3.63) is 48.0 Å². The molecule has 1 unspecified atom stereocenters. The average Bonchev–Trinajstić information content (AvgIpc) is 2.80. The zero-order chi connectivity index (χ0) is 24.4. The Balaban J connectivity index is 1.98. The van der Waals surface area contributed by atoms with Crippen molar-refractivity contribution in [2.75, 3.05) is 33.3 Å². The summed E-state index contributed by atoms with van der Waals surface area (Å²) in [7, 11) is 4.43. The molecule has 0 aromatic heterocycles. The third-order valence-electron chi connectivity index (χ3n) is 4.25. The van der Waals surface area contributed by atoms with Gasteiger partial charge in [-0.1, -0.05) is 6.07 Å². The number of benzene rings is 2. The van der Waals surface area contributed by atoms with Gasteiger partial charge in [-0.25, -0.2) is 4.79 Å². The van der Waals surface area contributed by atoms with Crippen LogP contribution in [0.2, 0.25) is 0 Å². The number of hydrogen-bond donors (Lipinski definition) is 2. The zero-order valence-electron chi connectivity index (χ0n) is 18.7. The molecule has 1 atom stereocenters. The highest BCUT2D eigenvalue weighted by Crippen LogP contribution is 2.28. The zero-order valence-corrected chi connectivity index (χ0v) is 18.7. The van der Waals surface area contributed by atoms with Crippen molar-refractivity contribution in [3.8, 4) is 23.0 Å². The summed E-state index contributed by atoms with van der Waals surface area (Å²) in [5, 5.41) is 2.65. The minimum atomic E-state index is -1.06. The number of nitrogens with two attached hydrogens (primary N) is 1. The van der Waals surface area contributed by atoms with Crippen LogP contribution in [0.5, 0.6) is 23.0 Å². The van der Waals surface area contributed by atoms with E-state index in [-0.39, 0.29) is 6.61 Å². The van der Waals surface area contributed by atoms with Crippen molar-refractivity contribution in [1.82, 2.24) is 0 Å². The van der Waals surface area contributed by atoms with Crippen LogP contribution in [0.15, 0.2) is 42.5 Å². The van der Waals surface area contributed by atoms with E-state index in [0.717, 1.165) is 0 Å². The molecule has 33 heavy (non-hydrogen) atoms. The molecule has 0 radical (unpaired) electrons. The van der Waals surface area contributed by atoms with Gasteiger partial charge in [0.1, 0.15) is 11.5 Å². The molecule has 0 bridgehead atoms. The van der Waals surface area contributed by atoms with E-state index in [0.29, 0.717) is 34.2 Å². The van der Waals surface area contributed by atoms with Crippen molar-refractivity contribution < 1.29 is 38.1 Å². The summed E-state index contributed by atoms with van der Waals surface area (Å²) >= 11 is 0. The number of anilines is 1. The molecule has 10 heteroatoms. The fraction of sp³-hybridized carbons (Fsp3) is 0.261. The van der Waals surface area contributed by atoms with Gasteiger partial charge in [0, 0.05) is 30.0 Å². The van der Waals surface area contributed by atoms with E-state index < -0.39 is 23.9 Å². The molecule has 176 valence electrons. The topological polar surface area (TPSA) is 135 Å². The van der Waals surface area contributed by atoms with Gasteiger partial charge in [0.25, 0.3) is 11.8 Å². The van der Waals surface area contributed by atoms with Crippen molar-refractivity contribution in [3.63, 3.8) is 0 Å². The maximum absolute atomic E-state index is 12.4. The Morgan fingerprint density at radius 3 is 2.21 bits per heavy atom. The van der Waals surface area contributed by atoms with Crippen LogP contribution >= 0.6 is 0 Å². The van der Waals surface area contributed by atoms with Crippen LogP contribution in [0.3, 0.4) is 0 Å². The number of ether oxygens (including phenoxy) is 5. The SMILES string of the molecule is COc1cc(NC(=O)C(C)OC(=O)/C=C/c2ccc(OCC(N)=O)c(OC)c2)cc(OC)c1. The van der Waals surface area contributed by atoms with Crippen LogP contribution in [0.1, 0.15) is 12.5 Å². The average molecular weight is 458 g/mol. The molecule has 10 nitrogen and oxygen atoms in total.